The number of rotatable bonds is 6. The average molecular weight is 334 g/mol. The molecule has 1 aliphatic rings. The van der Waals surface area contributed by atoms with E-state index in [4.69, 9.17) is 9.47 Å². The Morgan fingerprint density at radius 3 is 2.83 bits per heavy atom. The standard InChI is InChI=1S/C16H26N6O2/c1-12(2)10-17-16-19-13(3)18-14(9-15(23-4)20-21-16)11-22-5-7-24-8-6-22/h9,20H,1,5-8,10-11H2,2-4H3,(H,17,21). The molecule has 1 fully saturated rings. The van der Waals surface area contributed by atoms with Crippen LogP contribution < -0.4 is 10.1 Å². The van der Waals surface area contributed by atoms with Crippen molar-refractivity contribution in [2.45, 2.75) is 20.4 Å². The highest BCUT2D eigenvalue weighted by Gasteiger charge is 2.11. The first kappa shape index (κ1) is 18.2. The zero-order valence-corrected chi connectivity index (χ0v) is 14.6. The molecule has 8 heteroatoms. The molecule has 132 valence electrons. The number of anilines is 1. The first-order valence-corrected chi connectivity index (χ1v) is 7.97. The third-order valence-corrected chi connectivity index (χ3v) is 3.40. The van der Waals surface area contributed by atoms with Gasteiger partial charge in [0.1, 0.15) is 5.82 Å². The van der Waals surface area contributed by atoms with Crippen LogP contribution >= 0.6 is 0 Å². The number of nitrogens with zero attached hydrogens (tertiary/aromatic N) is 4. The Labute approximate surface area is 142 Å². The maximum absolute atomic E-state index is 5.39. The van der Waals surface area contributed by atoms with Gasteiger partial charge < -0.3 is 14.8 Å². The van der Waals surface area contributed by atoms with Crippen LogP contribution in [-0.4, -0.2) is 65.0 Å². The number of methoxy groups -OCH3 is 1. The lowest BCUT2D eigenvalue weighted by Gasteiger charge is -2.25. The van der Waals surface area contributed by atoms with Crippen LogP contribution in [0.25, 0.3) is 0 Å². The molecule has 0 aliphatic carbocycles. The van der Waals surface area contributed by atoms with E-state index in [-0.39, 0.29) is 0 Å². The molecule has 2 heterocycles. The summed E-state index contributed by atoms with van der Waals surface area (Å²) in [6.45, 7) is 12.2. The number of aryl methyl sites for hydroxylation is 1. The lowest BCUT2D eigenvalue weighted by atomic mass is 10.3. The van der Waals surface area contributed by atoms with Crippen molar-refractivity contribution < 1.29 is 9.47 Å². The number of H-pyrrole nitrogens is 1. The molecule has 0 aromatic carbocycles. The molecule has 1 aromatic heterocycles. The van der Waals surface area contributed by atoms with Crippen molar-refractivity contribution in [3.8, 4) is 5.88 Å². The van der Waals surface area contributed by atoms with E-state index in [1.807, 2.05) is 19.9 Å². The van der Waals surface area contributed by atoms with E-state index < -0.39 is 0 Å². The van der Waals surface area contributed by atoms with E-state index >= 15 is 0 Å². The second kappa shape index (κ2) is 9.19. The van der Waals surface area contributed by atoms with Gasteiger partial charge in [-0.25, -0.2) is 10.1 Å². The fourth-order valence-corrected chi connectivity index (χ4v) is 2.22. The number of aromatic amines is 1. The Balaban J connectivity index is 2.29. The Morgan fingerprint density at radius 1 is 1.42 bits per heavy atom. The lowest BCUT2D eigenvalue weighted by Crippen LogP contribution is -2.35. The Bertz CT molecular complexity index is 609. The molecule has 0 amide bonds. The van der Waals surface area contributed by atoms with E-state index in [9.17, 15) is 0 Å². The normalized spacial score (nSPS) is 14.8. The van der Waals surface area contributed by atoms with Crippen LogP contribution in [0.15, 0.2) is 18.2 Å². The van der Waals surface area contributed by atoms with Crippen LogP contribution in [0, 0.1) is 6.92 Å². The van der Waals surface area contributed by atoms with E-state index in [1.54, 1.807) is 7.11 Å². The third-order valence-electron chi connectivity index (χ3n) is 3.40. The summed E-state index contributed by atoms with van der Waals surface area (Å²) in [4.78, 5) is 11.3. The molecule has 0 unspecified atom stereocenters. The van der Waals surface area contributed by atoms with Crippen molar-refractivity contribution in [2.75, 3.05) is 45.3 Å². The van der Waals surface area contributed by atoms with Gasteiger partial charge in [0.2, 0.25) is 11.8 Å². The van der Waals surface area contributed by atoms with Crippen LogP contribution in [0.4, 0.5) is 5.95 Å². The summed E-state index contributed by atoms with van der Waals surface area (Å²) in [5.41, 5.74) is 1.85. The van der Waals surface area contributed by atoms with E-state index in [1.165, 1.54) is 0 Å². The zero-order valence-electron chi connectivity index (χ0n) is 14.6. The summed E-state index contributed by atoms with van der Waals surface area (Å²) in [6.07, 6.45) is 0. The van der Waals surface area contributed by atoms with Gasteiger partial charge in [-0.1, -0.05) is 12.2 Å². The number of ether oxygens (including phenoxy) is 2. The van der Waals surface area contributed by atoms with Gasteiger partial charge in [-0.15, -0.1) is 5.10 Å². The smallest absolute Gasteiger partial charge is 0.242 e. The van der Waals surface area contributed by atoms with Gasteiger partial charge in [-0.2, -0.15) is 4.98 Å². The molecule has 2 N–H and O–H groups in total. The first-order chi connectivity index (χ1) is 11.6. The fraction of sp³-hybridized carbons (Fsp3) is 0.562. The number of hydrogen-bond donors (Lipinski definition) is 2. The molecule has 2 rings (SSSR count). The number of nitrogens with one attached hydrogen (secondary N) is 2. The van der Waals surface area contributed by atoms with Gasteiger partial charge in [0.25, 0.3) is 0 Å². The third kappa shape index (κ3) is 6.13. The molecule has 0 radical (unpaired) electrons. The summed E-state index contributed by atoms with van der Waals surface area (Å²) < 4.78 is 10.7. The number of morpholine rings is 1. The largest absolute Gasteiger partial charge is 0.481 e. The van der Waals surface area contributed by atoms with Crippen LogP contribution in [0.3, 0.4) is 0 Å². The Morgan fingerprint density at radius 2 is 2.17 bits per heavy atom. The highest BCUT2D eigenvalue weighted by atomic mass is 16.5. The van der Waals surface area contributed by atoms with Gasteiger partial charge >= 0.3 is 0 Å². The van der Waals surface area contributed by atoms with Gasteiger partial charge in [0, 0.05) is 32.2 Å². The van der Waals surface area contributed by atoms with Crippen LogP contribution in [-0.2, 0) is 11.3 Å². The molecule has 1 aromatic rings. The lowest BCUT2D eigenvalue weighted by molar-refractivity contribution is 0.0336. The van der Waals surface area contributed by atoms with E-state index in [2.05, 4.69) is 37.0 Å². The van der Waals surface area contributed by atoms with Crippen molar-refractivity contribution in [2.24, 2.45) is 0 Å². The van der Waals surface area contributed by atoms with Crippen molar-refractivity contribution in [3.05, 3.63) is 29.7 Å². The topological polar surface area (TPSA) is 88.2 Å². The molecule has 0 spiro atoms. The van der Waals surface area contributed by atoms with E-state index in [0.717, 1.165) is 37.6 Å². The first-order valence-electron chi connectivity index (χ1n) is 7.97. The van der Waals surface area contributed by atoms with Crippen LogP contribution in [0.5, 0.6) is 5.88 Å². The summed E-state index contributed by atoms with van der Waals surface area (Å²) in [6, 6.07) is 1.85. The SMILES string of the molecule is C=C(C)CNc1n[nH]c(OC)cc(CN2CCOCC2)nc(C)n1. The number of hydrogen-bond acceptors (Lipinski definition) is 7. The minimum Gasteiger partial charge on any atom is -0.481 e. The quantitative estimate of drug-likeness (QED) is 0.761. The van der Waals surface area contributed by atoms with Crippen LogP contribution in [0.1, 0.15) is 18.4 Å². The predicted molar refractivity (Wildman–Crippen MR) is 92.5 cm³/mol. The Hall–Kier alpha value is -2.19. The average Bonchev–Trinajstić information content (AvgIpc) is 2.63. The van der Waals surface area contributed by atoms with Crippen molar-refractivity contribution >= 4 is 5.95 Å². The molecule has 24 heavy (non-hydrogen) atoms. The van der Waals surface area contributed by atoms with Gasteiger partial charge in [0.15, 0.2) is 0 Å². The van der Waals surface area contributed by atoms with Crippen molar-refractivity contribution in [1.29, 1.82) is 0 Å². The van der Waals surface area contributed by atoms with Crippen molar-refractivity contribution in [1.82, 2.24) is 25.1 Å². The summed E-state index contributed by atoms with van der Waals surface area (Å²) in [5, 5.41) is 10.2. The molecule has 1 aliphatic heterocycles. The Kier molecular flexibility index (Phi) is 6.95. The minimum absolute atomic E-state index is 0.440. The fourth-order valence-electron chi connectivity index (χ4n) is 2.22. The minimum atomic E-state index is 0.440. The van der Waals surface area contributed by atoms with Crippen molar-refractivity contribution in [3.63, 3.8) is 0 Å². The maximum atomic E-state index is 5.39. The highest BCUT2D eigenvalue weighted by molar-refractivity contribution is 5.24. The highest BCUT2D eigenvalue weighted by Crippen LogP contribution is 2.09. The summed E-state index contributed by atoms with van der Waals surface area (Å²) >= 11 is 0. The summed E-state index contributed by atoms with van der Waals surface area (Å²) in [7, 11) is 1.59. The summed E-state index contributed by atoms with van der Waals surface area (Å²) in [5.74, 6) is 1.58. The molecule has 0 bridgehead atoms. The molecule has 1 saturated heterocycles. The molecule has 8 nitrogen and oxygen atoms in total. The van der Waals surface area contributed by atoms with Crippen LogP contribution in [0.2, 0.25) is 0 Å². The van der Waals surface area contributed by atoms with Gasteiger partial charge in [-0.3, -0.25) is 4.90 Å². The molecule has 0 atom stereocenters. The van der Waals surface area contributed by atoms with Gasteiger partial charge in [-0.05, 0) is 13.8 Å². The monoisotopic (exact) mass is 334 g/mol. The predicted octanol–water partition coefficient (Wildman–Crippen LogP) is 1.46. The zero-order chi connectivity index (χ0) is 17.4. The van der Waals surface area contributed by atoms with E-state index in [0.29, 0.717) is 30.7 Å². The number of aromatic nitrogens is 4. The molecular weight excluding hydrogens is 308 g/mol. The molecular formula is C16H26N6O2. The maximum Gasteiger partial charge on any atom is 0.242 e. The van der Waals surface area contributed by atoms with Gasteiger partial charge in [0.05, 0.1) is 26.0 Å². The second-order valence-electron chi connectivity index (χ2n) is 5.72. The molecule has 0 saturated carbocycles. The second-order valence-corrected chi connectivity index (χ2v) is 5.72.